The summed E-state index contributed by atoms with van der Waals surface area (Å²) in [4.78, 5) is 9.04. The molecule has 1 aromatic rings. The third-order valence-corrected chi connectivity index (χ3v) is 6.36. The molecule has 2 aliphatic rings. The molecule has 0 radical (unpaired) electrons. The molecule has 2 heterocycles. The molecule has 3 rings (SSSR count). The monoisotopic (exact) mass is 297 g/mol. The second-order valence-electron chi connectivity index (χ2n) is 5.42. The normalized spacial score (nSPS) is 27.4. The second-order valence-corrected chi connectivity index (χ2v) is 7.64. The number of hydrogen-bond donors (Lipinski definition) is 1. The van der Waals surface area contributed by atoms with Gasteiger partial charge in [0.05, 0.1) is 11.7 Å². The van der Waals surface area contributed by atoms with Gasteiger partial charge in [0.2, 0.25) is 0 Å². The standard InChI is InChI=1S/C14H23N3S2/c1-3-15-11-5-4-6-12-13(11)16-14(19-12)17-7-8-18-9-10(17)2/h10-11,15H,3-9H2,1-2H3. The number of aromatic nitrogens is 1. The van der Waals surface area contributed by atoms with Gasteiger partial charge in [-0.25, -0.2) is 4.98 Å². The van der Waals surface area contributed by atoms with Gasteiger partial charge < -0.3 is 10.2 Å². The summed E-state index contributed by atoms with van der Waals surface area (Å²) >= 11 is 4.01. The van der Waals surface area contributed by atoms with E-state index in [0.717, 1.165) is 13.1 Å². The molecule has 3 nitrogen and oxygen atoms in total. The number of rotatable bonds is 3. The van der Waals surface area contributed by atoms with E-state index in [1.54, 1.807) is 0 Å². The van der Waals surface area contributed by atoms with Crippen molar-refractivity contribution in [2.75, 3.05) is 29.5 Å². The molecule has 2 atom stereocenters. The molecule has 106 valence electrons. The molecule has 1 aromatic heterocycles. The number of nitrogens with one attached hydrogen (secondary N) is 1. The minimum absolute atomic E-state index is 0.494. The van der Waals surface area contributed by atoms with E-state index in [4.69, 9.17) is 4.98 Å². The summed E-state index contributed by atoms with van der Waals surface area (Å²) < 4.78 is 0. The first kappa shape index (κ1) is 13.7. The molecule has 1 saturated heterocycles. The van der Waals surface area contributed by atoms with Crippen molar-refractivity contribution in [3.8, 4) is 0 Å². The van der Waals surface area contributed by atoms with Crippen LogP contribution in [0.25, 0.3) is 0 Å². The molecule has 2 unspecified atom stereocenters. The van der Waals surface area contributed by atoms with E-state index in [9.17, 15) is 0 Å². The molecule has 19 heavy (non-hydrogen) atoms. The van der Waals surface area contributed by atoms with E-state index < -0.39 is 0 Å². The van der Waals surface area contributed by atoms with Crippen LogP contribution in [0.2, 0.25) is 0 Å². The Bertz CT molecular complexity index is 432. The molecule has 5 heteroatoms. The molecule has 0 spiro atoms. The number of nitrogens with zero attached hydrogens (tertiary/aromatic N) is 2. The van der Waals surface area contributed by atoms with Crippen molar-refractivity contribution >= 4 is 28.2 Å². The number of thiazole rings is 1. The first-order valence-corrected chi connectivity index (χ1v) is 9.34. The third kappa shape index (κ3) is 2.78. The topological polar surface area (TPSA) is 28.2 Å². The quantitative estimate of drug-likeness (QED) is 0.928. The van der Waals surface area contributed by atoms with Crippen LogP contribution in [-0.4, -0.2) is 35.6 Å². The van der Waals surface area contributed by atoms with Crippen molar-refractivity contribution in [3.05, 3.63) is 10.6 Å². The Morgan fingerprint density at radius 2 is 2.37 bits per heavy atom. The van der Waals surface area contributed by atoms with Crippen LogP contribution < -0.4 is 10.2 Å². The summed E-state index contributed by atoms with van der Waals surface area (Å²) in [5.41, 5.74) is 1.35. The van der Waals surface area contributed by atoms with Gasteiger partial charge in [-0.1, -0.05) is 6.92 Å². The molecular formula is C14H23N3S2. The van der Waals surface area contributed by atoms with Crippen molar-refractivity contribution in [3.63, 3.8) is 0 Å². The number of fused-ring (bicyclic) bond motifs is 1. The zero-order valence-electron chi connectivity index (χ0n) is 11.8. The first-order chi connectivity index (χ1) is 9.29. The number of hydrogen-bond acceptors (Lipinski definition) is 5. The summed E-state index contributed by atoms with van der Waals surface area (Å²) in [6.45, 7) is 6.71. The van der Waals surface area contributed by atoms with Gasteiger partial charge in [0, 0.05) is 29.0 Å². The Kier molecular flexibility index (Phi) is 4.34. The third-order valence-electron chi connectivity index (χ3n) is 4.01. The summed E-state index contributed by atoms with van der Waals surface area (Å²) in [6, 6.07) is 1.12. The molecule has 0 amide bonds. The van der Waals surface area contributed by atoms with Crippen LogP contribution in [0.5, 0.6) is 0 Å². The van der Waals surface area contributed by atoms with E-state index in [-0.39, 0.29) is 0 Å². The summed E-state index contributed by atoms with van der Waals surface area (Å²) in [5, 5.41) is 4.86. The lowest BCUT2D eigenvalue weighted by atomic mass is 9.98. The molecule has 1 aliphatic heterocycles. The Morgan fingerprint density at radius 1 is 1.47 bits per heavy atom. The van der Waals surface area contributed by atoms with Crippen LogP contribution in [-0.2, 0) is 6.42 Å². The van der Waals surface area contributed by atoms with Gasteiger partial charge in [-0.3, -0.25) is 0 Å². The van der Waals surface area contributed by atoms with E-state index in [1.807, 2.05) is 11.3 Å². The molecule has 0 aromatic carbocycles. The first-order valence-electron chi connectivity index (χ1n) is 7.37. The van der Waals surface area contributed by atoms with Crippen molar-refractivity contribution in [1.82, 2.24) is 10.3 Å². The van der Waals surface area contributed by atoms with E-state index >= 15 is 0 Å². The molecular weight excluding hydrogens is 274 g/mol. The predicted octanol–water partition coefficient (Wildman–Crippen LogP) is 3.07. The van der Waals surface area contributed by atoms with Gasteiger partial charge in [-0.05, 0) is 32.7 Å². The highest BCUT2D eigenvalue weighted by molar-refractivity contribution is 7.99. The highest BCUT2D eigenvalue weighted by Gasteiger charge is 2.28. The number of anilines is 1. The maximum Gasteiger partial charge on any atom is 0.186 e. The van der Waals surface area contributed by atoms with E-state index in [0.29, 0.717) is 12.1 Å². The molecule has 1 aliphatic carbocycles. The largest absolute Gasteiger partial charge is 0.344 e. The van der Waals surface area contributed by atoms with Crippen LogP contribution in [0.15, 0.2) is 0 Å². The van der Waals surface area contributed by atoms with Crippen LogP contribution in [0.3, 0.4) is 0 Å². The van der Waals surface area contributed by atoms with Crippen LogP contribution in [0.4, 0.5) is 5.13 Å². The fraction of sp³-hybridized carbons (Fsp3) is 0.786. The number of thioether (sulfide) groups is 1. The van der Waals surface area contributed by atoms with Gasteiger partial charge in [0.25, 0.3) is 0 Å². The Labute approximate surface area is 124 Å². The average Bonchev–Trinajstić information content (AvgIpc) is 2.84. The minimum atomic E-state index is 0.494. The SMILES string of the molecule is CCNC1CCCc2sc(N3CCSCC3C)nc21. The van der Waals surface area contributed by atoms with Crippen LogP contribution >= 0.6 is 23.1 Å². The highest BCUT2D eigenvalue weighted by Crippen LogP contribution is 2.38. The van der Waals surface area contributed by atoms with Gasteiger partial charge in [0.1, 0.15) is 0 Å². The zero-order valence-corrected chi connectivity index (χ0v) is 13.4. The highest BCUT2D eigenvalue weighted by atomic mass is 32.2. The van der Waals surface area contributed by atoms with Crippen molar-refractivity contribution < 1.29 is 0 Å². The van der Waals surface area contributed by atoms with Gasteiger partial charge >= 0.3 is 0 Å². The maximum atomic E-state index is 5.00. The van der Waals surface area contributed by atoms with Crippen molar-refractivity contribution in [2.24, 2.45) is 0 Å². The fourth-order valence-corrected chi connectivity index (χ4v) is 5.29. The van der Waals surface area contributed by atoms with Crippen LogP contribution in [0.1, 0.15) is 43.3 Å². The van der Waals surface area contributed by atoms with E-state index in [1.165, 1.54) is 46.5 Å². The molecule has 1 fully saturated rings. The zero-order chi connectivity index (χ0) is 13.2. The van der Waals surface area contributed by atoms with Crippen LogP contribution in [0, 0.1) is 0 Å². The molecule has 0 bridgehead atoms. The Balaban J connectivity index is 1.84. The summed E-state index contributed by atoms with van der Waals surface area (Å²) in [5.74, 6) is 2.48. The van der Waals surface area contributed by atoms with Gasteiger partial charge in [0.15, 0.2) is 5.13 Å². The molecule has 1 N–H and O–H groups in total. The maximum absolute atomic E-state index is 5.00. The Hall–Kier alpha value is -0.260. The average molecular weight is 297 g/mol. The van der Waals surface area contributed by atoms with Gasteiger partial charge in [-0.15, -0.1) is 11.3 Å². The lowest BCUT2D eigenvalue weighted by Crippen LogP contribution is -2.40. The smallest absolute Gasteiger partial charge is 0.186 e. The number of aryl methyl sites for hydroxylation is 1. The van der Waals surface area contributed by atoms with Gasteiger partial charge in [-0.2, -0.15) is 11.8 Å². The van der Waals surface area contributed by atoms with Crippen molar-refractivity contribution in [1.29, 1.82) is 0 Å². The Morgan fingerprint density at radius 3 is 3.16 bits per heavy atom. The fourth-order valence-electron chi connectivity index (χ4n) is 2.98. The lowest BCUT2D eigenvalue weighted by molar-refractivity contribution is 0.465. The minimum Gasteiger partial charge on any atom is -0.344 e. The summed E-state index contributed by atoms with van der Waals surface area (Å²) in [6.07, 6.45) is 3.78. The second kappa shape index (κ2) is 6.02. The van der Waals surface area contributed by atoms with Crippen molar-refractivity contribution in [2.45, 2.75) is 45.2 Å². The predicted molar refractivity (Wildman–Crippen MR) is 85.6 cm³/mol. The lowest BCUT2D eigenvalue weighted by Gasteiger charge is -2.32. The van der Waals surface area contributed by atoms with E-state index in [2.05, 4.69) is 35.8 Å². The molecule has 0 saturated carbocycles. The summed E-state index contributed by atoms with van der Waals surface area (Å²) in [7, 11) is 0.